The van der Waals surface area contributed by atoms with Gasteiger partial charge in [0.25, 0.3) is 0 Å². The Bertz CT molecular complexity index is 1440. The zero-order chi connectivity index (χ0) is 21.8. The number of nitrogens with zero attached hydrogens (tertiary/aromatic N) is 8. The van der Waals surface area contributed by atoms with Crippen molar-refractivity contribution in [3.05, 3.63) is 60.7 Å². The van der Waals surface area contributed by atoms with Crippen LogP contribution in [0.5, 0.6) is 0 Å². The van der Waals surface area contributed by atoms with Crippen molar-refractivity contribution >= 4 is 46.6 Å². The van der Waals surface area contributed by atoms with Gasteiger partial charge in [0.15, 0.2) is 0 Å². The number of aromatic nitrogens is 5. The summed E-state index contributed by atoms with van der Waals surface area (Å²) in [5, 5.41) is 0. The fourth-order valence-electron chi connectivity index (χ4n) is 4.58. The molecule has 0 saturated carbocycles. The minimum absolute atomic E-state index is 0.779. The molecule has 0 bridgehead atoms. The van der Waals surface area contributed by atoms with Gasteiger partial charge in [0, 0.05) is 13.1 Å². The summed E-state index contributed by atoms with van der Waals surface area (Å²) in [4.78, 5) is 26.4. The van der Waals surface area contributed by atoms with Crippen molar-refractivity contribution in [2.24, 2.45) is 9.98 Å². The van der Waals surface area contributed by atoms with E-state index in [1.165, 1.54) is 0 Å². The molecule has 2 aromatic carbocycles. The molecule has 0 saturated heterocycles. The van der Waals surface area contributed by atoms with Crippen LogP contribution in [0.15, 0.2) is 70.6 Å². The van der Waals surface area contributed by atoms with Crippen LogP contribution in [-0.4, -0.2) is 62.9 Å². The van der Waals surface area contributed by atoms with E-state index in [0.29, 0.717) is 0 Å². The second kappa shape index (κ2) is 7.06. The van der Waals surface area contributed by atoms with Gasteiger partial charge >= 0.3 is 0 Å². The first kappa shape index (κ1) is 18.2. The zero-order valence-electron chi connectivity index (χ0n) is 17.8. The number of anilines is 2. The molecule has 7 rings (SSSR count). The molecule has 9 heteroatoms. The third-order valence-electron chi connectivity index (χ3n) is 6.12. The average Bonchev–Trinajstić information content (AvgIpc) is 3.66. The quantitative estimate of drug-likeness (QED) is 0.469. The summed E-state index contributed by atoms with van der Waals surface area (Å²) in [5.41, 5.74) is 3.99. The Labute approximate surface area is 189 Å². The monoisotopic (exact) mass is 435 g/mol. The van der Waals surface area contributed by atoms with Crippen molar-refractivity contribution in [2.45, 2.75) is 0 Å². The lowest BCUT2D eigenvalue weighted by atomic mass is 10.3. The second-order valence-electron chi connectivity index (χ2n) is 8.13. The molecular weight excluding hydrogens is 414 g/mol. The van der Waals surface area contributed by atoms with Gasteiger partial charge in [0.2, 0.25) is 11.9 Å². The fraction of sp³-hybridized carbons (Fsp3) is 0.167. The minimum atomic E-state index is 0.779. The van der Waals surface area contributed by atoms with Gasteiger partial charge in [0.05, 0.1) is 47.8 Å². The Kier molecular flexibility index (Phi) is 3.89. The molecule has 9 nitrogen and oxygen atoms in total. The van der Waals surface area contributed by atoms with Crippen molar-refractivity contribution in [3.63, 3.8) is 0 Å². The fourth-order valence-corrected chi connectivity index (χ4v) is 4.58. The van der Waals surface area contributed by atoms with Crippen LogP contribution in [0.25, 0.3) is 33.7 Å². The van der Waals surface area contributed by atoms with E-state index in [-0.39, 0.29) is 0 Å². The molecule has 33 heavy (non-hydrogen) atoms. The van der Waals surface area contributed by atoms with E-state index in [1.807, 2.05) is 49.1 Å². The van der Waals surface area contributed by atoms with Gasteiger partial charge in [-0.2, -0.15) is 0 Å². The SMILES string of the molecule is C1=NCCN1c1nc2ccccc2n1-c1ccc(-n2c(N3C=NCC3)nc3ccccc32)[nH]1. The Morgan fingerprint density at radius 1 is 0.606 bits per heavy atom. The number of imidazole rings is 2. The summed E-state index contributed by atoms with van der Waals surface area (Å²) < 4.78 is 4.32. The molecule has 162 valence electrons. The molecule has 2 aliphatic rings. The molecule has 0 aliphatic carbocycles. The summed E-state index contributed by atoms with van der Waals surface area (Å²) in [7, 11) is 0. The molecular formula is C24H21N9. The summed E-state index contributed by atoms with van der Waals surface area (Å²) in [6.07, 6.45) is 3.74. The highest BCUT2D eigenvalue weighted by molar-refractivity contribution is 5.88. The smallest absolute Gasteiger partial charge is 0.217 e. The van der Waals surface area contributed by atoms with Gasteiger partial charge in [0.1, 0.15) is 11.6 Å². The number of H-pyrrole nitrogens is 1. The zero-order valence-corrected chi connectivity index (χ0v) is 17.8. The standard InChI is InChI=1S/C24H21N9/c1-3-7-19-17(5-1)27-23(30-13-11-25-15-30)32(19)21-9-10-22(29-21)33-20-8-4-2-6-18(20)28-24(33)31-14-12-26-16-31/h1-10,15-16,29H,11-14H2. The third-order valence-corrected chi connectivity index (χ3v) is 6.12. The van der Waals surface area contributed by atoms with Gasteiger partial charge in [-0.1, -0.05) is 24.3 Å². The van der Waals surface area contributed by atoms with Crippen molar-refractivity contribution in [3.8, 4) is 11.6 Å². The number of hydrogen-bond acceptors (Lipinski definition) is 6. The maximum absolute atomic E-state index is 4.91. The third kappa shape index (κ3) is 2.78. The molecule has 0 spiro atoms. The number of fused-ring (bicyclic) bond motifs is 2. The molecule has 0 amide bonds. The highest BCUT2D eigenvalue weighted by Crippen LogP contribution is 2.31. The lowest BCUT2D eigenvalue weighted by Crippen LogP contribution is -2.22. The molecule has 5 heterocycles. The van der Waals surface area contributed by atoms with E-state index in [0.717, 1.165) is 71.8 Å². The van der Waals surface area contributed by atoms with Crippen molar-refractivity contribution in [2.75, 3.05) is 36.0 Å². The van der Waals surface area contributed by atoms with Crippen molar-refractivity contribution in [1.82, 2.24) is 24.1 Å². The maximum atomic E-state index is 4.91. The largest absolute Gasteiger partial charge is 0.327 e. The summed E-state index contributed by atoms with van der Waals surface area (Å²) in [6.45, 7) is 3.20. The van der Waals surface area contributed by atoms with Crippen molar-refractivity contribution in [1.29, 1.82) is 0 Å². The molecule has 2 aliphatic heterocycles. The Morgan fingerprint density at radius 3 is 1.55 bits per heavy atom. The van der Waals surface area contributed by atoms with Crippen LogP contribution in [0.1, 0.15) is 0 Å². The maximum Gasteiger partial charge on any atom is 0.217 e. The van der Waals surface area contributed by atoms with Crippen molar-refractivity contribution < 1.29 is 0 Å². The minimum Gasteiger partial charge on any atom is -0.327 e. The molecule has 0 radical (unpaired) electrons. The van der Waals surface area contributed by atoms with Crippen LogP contribution in [0.3, 0.4) is 0 Å². The lowest BCUT2D eigenvalue weighted by molar-refractivity contribution is 0.918. The number of hydrogen-bond donors (Lipinski definition) is 1. The normalized spacial score (nSPS) is 15.6. The number of aliphatic imine (C=N–C) groups is 2. The van der Waals surface area contributed by atoms with Crippen LogP contribution in [-0.2, 0) is 0 Å². The molecule has 3 aromatic heterocycles. The lowest BCUT2D eigenvalue weighted by Gasteiger charge is -2.16. The van der Waals surface area contributed by atoms with E-state index in [2.05, 4.69) is 58.2 Å². The molecule has 0 fully saturated rings. The Balaban J connectivity index is 1.42. The number of benzene rings is 2. The summed E-state index contributed by atoms with van der Waals surface area (Å²) in [6, 6.07) is 20.6. The highest BCUT2D eigenvalue weighted by atomic mass is 15.4. The molecule has 0 atom stereocenters. The van der Waals surface area contributed by atoms with Crippen LogP contribution < -0.4 is 9.80 Å². The van der Waals surface area contributed by atoms with Gasteiger partial charge in [-0.05, 0) is 36.4 Å². The number of para-hydroxylation sites is 4. The van der Waals surface area contributed by atoms with Crippen LogP contribution in [0.4, 0.5) is 11.9 Å². The first-order valence-electron chi connectivity index (χ1n) is 11.0. The van der Waals surface area contributed by atoms with E-state index in [4.69, 9.17) is 9.97 Å². The van der Waals surface area contributed by atoms with E-state index in [1.54, 1.807) is 0 Å². The molecule has 0 unspecified atom stereocenters. The molecule has 5 aromatic rings. The van der Waals surface area contributed by atoms with Gasteiger partial charge in [-0.3, -0.25) is 19.1 Å². The van der Waals surface area contributed by atoms with Crippen LogP contribution in [0.2, 0.25) is 0 Å². The van der Waals surface area contributed by atoms with Gasteiger partial charge in [-0.15, -0.1) is 0 Å². The Hall–Kier alpha value is -4.40. The van der Waals surface area contributed by atoms with E-state index >= 15 is 0 Å². The van der Waals surface area contributed by atoms with Gasteiger partial charge in [-0.25, -0.2) is 9.97 Å². The van der Waals surface area contributed by atoms with Crippen LogP contribution in [0, 0.1) is 0 Å². The number of nitrogens with one attached hydrogen (secondary N) is 1. The van der Waals surface area contributed by atoms with Crippen LogP contribution >= 0.6 is 0 Å². The first-order chi connectivity index (χ1) is 16.4. The predicted octanol–water partition coefficient (Wildman–Crippen LogP) is 3.39. The van der Waals surface area contributed by atoms with E-state index < -0.39 is 0 Å². The first-order valence-corrected chi connectivity index (χ1v) is 11.0. The topological polar surface area (TPSA) is 82.6 Å². The summed E-state index contributed by atoms with van der Waals surface area (Å²) in [5.74, 6) is 3.59. The number of aromatic amines is 1. The highest BCUT2D eigenvalue weighted by Gasteiger charge is 2.23. The second-order valence-corrected chi connectivity index (χ2v) is 8.13. The van der Waals surface area contributed by atoms with Gasteiger partial charge < -0.3 is 14.8 Å². The Morgan fingerprint density at radius 2 is 1.09 bits per heavy atom. The number of rotatable bonds is 4. The van der Waals surface area contributed by atoms with E-state index in [9.17, 15) is 0 Å². The average molecular weight is 435 g/mol. The predicted molar refractivity (Wildman–Crippen MR) is 131 cm³/mol. The summed E-state index contributed by atoms with van der Waals surface area (Å²) >= 11 is 0. The molecule has 1 N–H and O–H groups in total.